The Kier molecular flexibility index (Phi) is 5.81. The Morgan fingerprint density at radius 2 is 2.00 bits per heavy atom. The van der Waals surface area contributed by atoms with Crippen LogP contribution in [-0.4, -0.2) is 50.1 Å². The number of ether oxygens (including phenoxy) is 1. The van der Waals surface area contributed by atoms with Gasteiger partial charge in [0.1, 0.15) is 13.2 Å². The van der Waals surface area contributed by atoms with E-state index in [4.69, 9.17) is 16.3 Å². The maximum Gasteiger partial charge on any atom is 0.333 e. The van der Waals surface area contributed by atoms with E-state index in [-0.39, 0.29) is 5.97 Å². The van der Waals surface area contributed by atoms with Crippen LogP contribution in [0.3, 0.4) is 0 Å². The van der Waals surface area contributed by atoms with Gasteiger partial charge in [-0.2, -0.15) is 0 Å². The van der Waals surface area contributed by atoms with Gasteiger partial charge in [0, 0.05) is 5.57 Å². The minimum atomic E-state index is -0.323. The van der Waals surface area contributed by atoms with Crippen LogP contribution in [0.1, 0.15) is 6.92 Å². The van der Waals surface area contributed by atoms with Crippen molar-refractivity contribution in [2.75, 3.05) is 39.7 Å². The monoisotopic (exact) mass is 220 g/mol. The Bertz CT molecular complexity index is 214. The van der Waals surface area contributed by atoms with Crippen molar-refractivity contribution in [3.8, 4) is 0 Å². The lowest BCUT2D eigenvalue weighted by molar-refractivity contribution is -0.888. The quantitative estimate of drug-likeness (QED) is 0.293. The molecule has 0 aromatic heterocycles. The van der Waals surface area contributed by atoms with Crippen LogP contribution in [-0.2, 0) is 9.53 Å². The van der Waals surface area contributed by atoms with Crippen LogP contribution >= 0.6 is 11.6 Å². The van der Waals surface area contributed by atoms with Crippen LogP contribution < -0.4 is 0 Å². The number of carbonyl (C=O) groups excluding carboxylic acids is 1. The zero-order chi connectivity index (χ0) is 11.2. The number of quaternary nitrogens is 1. The molecule has 0 heterocycles. The maximum atomic E-state index is 11.0. The van der Waals surface area contributed by atoms with Gasteiger partial charge >= 0.3 is 5.97 Å². The van der Waals surface area contributed by atoms with Crippen molar-refractivity contribution in [3.05, 3.63) is 12.2 Å². The van der Waals surface area contributed by atoms with Gasteiger partial charge in [0.05, 0.1) is 26.5 Å². The molecule has 0 bridgehead atoms. The number of nitrogens with zero attached hydrogens (tertiary/aromatic N) is 1. The first-order valence-corrected chi connectivity index (χ1v) is 5.13. The molecule has 0 atom stereocenters. The number of carbonyl (C=O) groups is 1. The summed E-state index contributed by atoms with van der Waals surface area (Å²) in [6, 6.07) is 0. The zero-order valence-corrected chi connectivity index (χ0v) is 9.93. The lowest BCUT2D eigenvalue weighted by Crippen LogP contribution is -2.44. The van der Waals surface area contributed by atoms with E-state index in [1.165, 1.54) is 0 Å². The van der Waals surface area contributed by atoms with Crippen LogP contribution in [0.4, 0.5) is 0 Å². The summed E-state index contributed by atoms with van der Waals surface area (Å²) >= 11 is 5.64. The summed E-state index contributed by atoms with van der Waals surface area (Å²) in [6.07, 6.45) is 0. The third-order valence-corrected chi connectivity index (χ3v) is 2.14. The highest BCUT2D eigenvalue weighted by Crippen LogP contribution is 1.99. The molecule has 3 nitrogen and oxygen atoms in total. The minimum Gasteiger partial charge on any atom is -0.456 e. The van der Waals surface area contributed by atoms with Crippen molar-refractivity contribution in [1.29, 1.82) is 0 Å². The SMILES string of the molecule is C=C(C)C(=O)OCC[N+](C)(C)CCCl. The van der Waals surface area contributed by atoms with Crippen LogP contribution in [0, 0.1) is 0 Å². The molecule has 0 aliphatic heterocycles. The zero-order valence-electron chi connectivity index (χ0n) is 9.18. The molecule has 0 aromatic rings. The Balaban J connectivity index is 3.73. The standard InChI is InChI=1S/C10H19ClNO2/c1-9(2)10(13)14-8-7-12(3,4)6-5-11/h1,5-8H2,2-4H3/q+1. The van der Waals surface area contributed by atoms with Gasteiger partial charge < -0.3 is 9.22 Å². The first-order valence-electron chi connectivity index (χ1n) is 4.59. The second kappa shape index (κ2) is 6.04. The summed E-state index contributed by atoms with van der Waals surface area (Å²) < 4.78 is 5.75. The molecule has 0 aromatic carbocycles. The van der Waals surface area contributed by atoms with Gasteiger partial charge in [-0.25, -0.2) is 4.79 Å². The predicted octanol–water partition coefficient (Wildman–Crippen LogP) is 1.42. The number of rotatable bonds is 6. The molecule has 0 N–H and O–H groups in total. The van der Waals surface area contributed by atoms with E-state index in [9.17, 15) is 4.79 Å². The number of hydrogen-bond donors (Lipinski definition) is 0. The highest BCUT2D eigenvalue weighted by molar-refractivity contribution is 6.17. The normalized spacial score (nSPS) is 11.1. The molecular weight excluding hydrogens is 202 g/mol. The summed E-state index contributed by atoms with van der Waals surface area (Å²) in [5, 5.41) is 0. The molecule has 0 aliphatic rings. The molecule has 0 saturated carbocycles. The third kappa shape index (κ3) is 6.00. The lowest BCUT2D eigenvalue weighted by atomic mass is 10.4. The Morgan fingerprint density at radius 3 is 2.43 bits per heavy atom. The average Bonchev–Trinajstić information content (AvgIpc) is 2.03. The molecule has 0 fully saturated rings. The molecule has 0 aliphatic carbocycles. The number of esters is 1. The van der Waals surface area contributed by atoms with Crippen LogP contribution in [0.25, 0.3) is 0 Å². The fraction of sp³-hybridized carbons (Fsp3) is 0.700. The minimum absolute atomic E-state index is 0.323. The third-order valence-electron chi connectivity index (χ3n) is 1.97. The lowest BCUT2D eigenvalue weighted by Gasteiger charge is -2.28. The van der Waals surface area contributed by atoms with E-state index in [1.807, 2.05) is 0 Å². The molecule has 14 heavy (non-hydrogen) atoms. The van der Waals surface area contributed by atoms with E-state index in [0.29, 0.717) is 18.1 Å². The van der Waals surface area contributed by atoms with Gasteiger partial charge in [0.2, 0.25) is 0 Å². The maximum absolute atomic E-state index is 11.0. The summed E-state index contributed by atoms with van der Waals surface area (Å²) in [7, 11) is 4.11. The van der Waals surface area contributed by atoms with Crippen molar-refractivity contribution in [2.45, 2.75) is 6.92 Å². The van der Waals surface area contributed by atoms with Crippen molar-refractivity contribution in [3.63, 3.8) is 0 Å². The van der Waals surface area contributed by atoms with Gasteiger partial charge in [-0.05, 0) is 6.92 Å². The van der Waals surface area contributed by atoms with Crippen molar-refractivity contribution >= 4 is 17.6 Å². The number of halogens is 1. The smallest absolute Gasteiger partial charge is 0.333 e. The molecular formula is C10H19ClNO2+. The summed E-state index contributed by atoms with van der Waals surface area (Å²) in [5.74, 6) is 0.289. The predicted molar refractivity (Wildman–Crippen MR) is 58.3 cm³/mol. The van der Waals surface area contributed by atoms with Gasteiger partial charge in [0.25, 0.3) is 0 Å². The molecule has 0 amide bonds. The average molecular weight is 221 g/mol. The summed E-state index contributed by atoms with van der Waals surface area (Å²) in [6.45, 7) is 7.19. The van der Waals surface area contributed by atoms with Crippen molar-refractivity contribution in [2.24, 2.45) is 0 Å². The molecule has 0 spiro atoms. The summed E-state index contributed by atoms with van der Waals surface area (Å²) in [5.41, 5.74) is 0.438. The second-order valence-electron chi connectivity index (χ2n) is 3.99. The molecule has 0 saturated heterocycles. The molecule has 0 unspecified atom stereocenters. The summed E-state index contributed by atoms with van der Waals surface area (Å²) in [4.78, 5) is 11.0. The van der Waals surface area contributed by atoms with Gasteiger partial charge in [-0.15, -0.1) is 11.6 Å². The first-order chi connectivity index (χ1) is 6.39. The van der Waals surface area contributed by atoms with Crippen LogP contribution in [0.2, 0.25) is 0 Å². The van der Waals surface area contributed by atoms with Gasteiger partial charge in [-0.3, -0.25) is 0 Å². The van der Waals surface area contributed by atoms with Crippen LogP contribution in [0.5, 0.6) is 0 Å². The number of hydrogen-bond acceptors (Lipinski definition) is 2. The second-order valence-corrected chi connectivity index (χ2v) is 4.37. The van der Waals surface area contributed by atoms with Gasteiger partial charge in [-0.1, -0.05) is 6.58 Å². The first kappa shape index (κ1) is 13.5. The van der Waals surface area contributed by atoms with E-state index >= 15 is 0 Å². The largest absolute Gasteiger partial charge is 0.456 e. The number of likely N-dealkylation sites (N-methyl/N-ethyl adjacent to an activating group) is 1. The molecule has 82 valence electrons. The number of alkyl halides is 1. The van der Waals surface area contributed by atoms with E-state index < -0.39 is 0 Å². The van der Waals surface area contributed by atoms with E-state index in [1.54, 1.807) is 6.92 Å². The van der Waals surface area contributed by atoms with Crippen molar-refractivity contribution < 1.29 is 14.0 Å². The van der Waals surface area contributed by atoms with Crippen LogP contribution in [0.15, 0.2) is 12.2 Å². The Labute approximate surface area is 90.9 Å². The Morgan fingerprint density at radius 1 is 1.43 bits per heavy atom. The topological polar surface area (TPSA) is 26.3 Å². The molecule has 4 heteroatoms. The van der Waals surface area contributed by atoms with Gasteiger partial charge in [0.15, 0.2) is 0 Å². The Hall–Kier alpha value is -0.540. The van der Waals surface area contributed by atoms with E-state index in [2.05, 4.69) is 20.7 Å². The molecule has 0 rings (SSSR count). The fourth-order valence-corrected chi connectivity index (χ4v) is 1.31. The highest BCUT2D eigenvalue weighted by atomic mass is 35.5. The van der Waals surface area contributed by atoms with Crippen molar-refractivity contribution in [1.82, 2.24) is 0 Å². The molecule has 0 radical (unpaired) electrons. The fourth-order valence-electron chi connectivity index (χ4n) is 0.849. The van der Waals surface area contributed by atoms with E-state index in [0.717, 1.165) is 17.6 Å². The highest BCUT2D eigenvalue weighted by Gasteiger charge is 2.14.